The molecule has 1 unspecified atom stereocenters. The van der Waals surface area contributed by atoms with Crippen LogP contribution in [0.3, 0.4) is 0 Å². The zero-order chi connectivity index (χ0) is 17.7. The molecule has 0 spiro atoms. The molecule has 130 valence electrons. The van der Waals surface area contributed by atoms with Crippen molar-refractivity contribution in [3.8, 4) is 0 Å². The van der Waals surface area contributed by atoms with Gasteiger partial charge in [-0.05, 0) is 6.07 Å². The Hall–Kier alpha value is -2.23. The van der Waals surface area contributed by atoms with Gasteiger partial charge in [-0.1, -0.05) is 11.6 Å². The molecule has 1 aromatic rings. The van der Waals surface area contributed by atoms with Crippen LogP contribution in [0.5, 0.6) is 0 Å². The highest BCUT2D eigenvalue weighted by Gasteiger charge is 2.29. The molecule has 24 heavy (non-hydrogen) atoms. The summed E-state index contributed by atoms with van der Waals surface area (Å²) in [5.74, 6) is -1.65. The van der Waals surface area contributed by atoms with Gasteiger partial charge >= 0.3 is 5.97 Å². The molecule has 3 N–H and O–H groups in total. The van der Waals surface area contributed by atoms with Crippen LogP contribution in [0, 0.1) is 10.1 Å². The van der Waals surface area contributed by atoms with E-state index in [1.165, 1.54) is 12.1 Å². The molecule has 0 aromatic heterocycles. The van der Waals surface area contributed by atoms with Crippen molar-refractivity contribution in [1.29, 1.82) is 0 Å². The normalized spacial score (nSPS) is 16.4. The molecule has 1 aliphatic rings. The van der Waals surface area contributed by atoms with Crippen molar-refractivity contribution >= 4 is 34.9 Å². The van der Waals surface area contributed by atoms with Crippen LogP contribution in [0.2, 0.25) is 5.02 Å². The molecular weight excluding hydrogens is 340 g/mol. The highest BCUT2D eigenvalue weighted by molar-refractivity contribution is 6.33. The van der Waals surface area contributed by atoms with Crippen LogP contribution in [0.25, 0.3) is 0 Å². The van der Waals surface area contributed by atoms with Crippen LogP contribution in [-0.2, 0) is 9.59 Å². The zero-order valence-corrected chi connectivity index (χ0v) is 13.5. The summed E-state index contributed by atoms with van der Waals surface area (Å²) in [7, 11) is 0. The highest BCUT2D eigenvalue weighted by atomic mass is 35.5. The molecular formula is C14H17ClN4O5. The van der Waals surface area contributed by atoms with Crippen molar-refractivity contribution in [2.75, 3.05) is 31.5 Å². The van der Waals surface area contributed by atoms with E-state index in [2.05, 4.69) is 10.6 Å². The van der Waals surface area contributed by atoms with Crippen molar-refractivity contribution < 1.29 is 19.6 Å². The largest absolute Gasteiger partial charge is 0.480 e. The molecule has 1 amide bonds. The van der Waals surface area contributed by atoms with Crippen LogP contribution in [0.4, 0.5) is 11.4 Å². The van der Waals surface area contributed by atoms with Crippen molar-refractivity contribution in [3.05, 3.63) is 33.3 Å². The number of halogens is 1. The number of nitrogens with zero attached hydrogens (tertiary/aromatic N) is 2. The SMILES string of the molecule is O=C(CC(C(=O)O)N1CCNCC1)Nc1cc([N+](=O)[O-])ccc1Cl. The zero-order valence-electron chi connectivity index (χ0n) is 12.7. The topological polar surface area (TPSA) is 125 Å². The van der Waals surface area contributed by atoms with Crippen molar-refractivity contribution in [3.63, 3.8) is 0 Å². The summed E-state index contributed by atoms with van der Waals surface area (Å²) < 4.78 is 0. The molecule has 1 aliphatic heterocycles. The van der Waals surface area contributed by atoms with Gasteiger partial charge in [0.15, 0.2) is 0 Å². The number of nitrogens with one attached hydrogen (secondary N) is 2. The number of aliphatic carboxylic acids is 1. The van der Waals surface area contributed by atoms with Crippen molar-refractivity contribution in [2.24, 2.45) is 0 Å². The van der Waals surface area contributed by atoms with Crippen LogP contribution in [0.1, 0.15) is 6.42 Å². The van der Waals surface area contributed by atoms with Gasteiger partial charge in [-0.3, -0.25) is 24.6 Å². The number of carbonyl (C=O) groups excluding carboxylic acids is 1. The van der Waals surface area contributed by atoms with Gasteiger partial charge in [0, 0.05) is 38.3 Å². The fourth-order valence-electron chi connectivity index (χ4n) is 2.47. The Morgan fingerprint density at radius 2 is 2.08 bits per heavy atom. The second-order valence-electron chi connectivity index (χ2n) is 5.31. The number of hydrogen-bond acceptors (Lipinski definition) is 6. The lowest BCUT2D eigenvalue weighted by Gasteiger charge is -2.32. The number of hydrogen-bond donors (Lipinski definition) is 3. The Kier molecular flexibility index (Phi) is 6.07. The van der Waals surface area contributed by atoms with Crippen LogP contribution in [-0.4, -0.2) is 59.0 Å². The summed E-state index contributed by atoms with van der Waals surface area (Å²) in [4.78, 5) is 35.5. The minimum atomic E-state index is -1.09. The van der Waals surface area contributed by atoms with E-state index in [0.29, 0.717) is 26.2 Å². The highest BCUT2D eigenvalue weighted by Crippen LogP contribution is 2.27. The van der Waals surface area contributed by atoms with E-state index >= 15 is 0 Å². The Bertz CT molecular complexity index is 648. The van der Waals surface area contributed by atoms with Gasteiger partial charge in [0.05, 0.1) is 22.1 Å². The molecule has 0 radical (unpaired) electrons. The third-order valence-electron chi connectivity index (χ3n) is 3.69. The molecule has 0 aliphatic carbocycles. The average molecular weight is 357 g/mol. The summed E-state index contributed by atoms with van der Waals surface area (Å²) in [6.07, 6.45) is -0.269. The minimum Gasteiger partial charge on any atom is -0.480 e. The number of nitro groups is 1. The van der Waals surface area contributed by atoms with Gasteiger partial charge < -0.3 is 15.7 Å². The molecule has 1 atom stereocenters. The van der Waals surface area contributed by atoms with E-state index in [0.717, 1.165) is 6.07 Å². The third-order valence-corrected chi connectivity index (χ3v) is 4.02. The van der Waals surface area contributed by atoms with Crippen molar-refractivity contribution in [2.45, 2.75) is 12.5 Å². The number of piperazine rings is 1. The van der Waals surface area contributed by atoms with Crippen molar-refractivity contribution in [1.82, 2.24) is 10.2 Å². The Morgan fingerprint density at radius 3 is 2.67 bits per heavy atom. The molecule has 2 rings (SSSR count). The first-order valence-electron chi connectivity index (χ1n) is 7.30. The molecule has 0 bridgehead atoms. The summed E-state index contributed by atoms with van der Waals surface area (Å²) >= 11 is 5.92. The lowest BCUT2D eigenvalue weighted by molar-refractivity contribution is -0.384. The predicted molar refractivity (Wildman–Crippen MR) is 87.2 cm³/mol. The number of rotatable bonds is 6. The van der Waals surface area contributed by atoms with Crippen LogP contribution in [0.15, 0.2) is 18.2 Å². The maximum absolute atomic E-state index is 12.2. The number of carboxylic acids is 1. The molecule has 1 saturated heterocycles. The lowest BCUT2D eigenvalue weighted by atomic mass is 10.1. The number of amides is 1. The maximum atomic E-state index is 12.2. The quantitative estimate of drug-likeness (QED) is 0.511. The lowest BCUT2D eigenvalue weighted by Crippen LogP contribution is -2.52. The van der Waals surface area contributed by atoms with E-state index in [4.69, 9.17) is 11.6 Å². The first kappa shape index (κ1) is 18.1. The van der Waals surface area contributed by atoms with E-state index in [9.17, 15) is 24.8 Å². The predicted octanol–water partition coefficient (Wildman–Crippen LogP) is 0.935. The van der Waals surface area contributed by atoms with Crippen LogP contribution < -0.4 is 10.6 Å². The van der Waals surface area contributed by atoms with E-state index in [-0.39, 0.29) is 22.8 Å². The maximum Gasteiger partial charge on any atom is 0.321 e. The standard InChI is InChI=1S/C14H17ClN4O5/c15-10-2-1-9(19(23)24)7-11(10)17-13(20)8-12(14(21)22)18-5-3-16-4-6-18/h1-2,7,12,16H,3-6,8H2,(H,17,20)(H,21,22). The third kappa shape index (κ3) is 4.63. The number of non-ortho nitro benzene ring substituents is 1. The van der Waals surface area contributed by atoms with E-state index < -0.39 is 22.8 Å². The average Bonchev–Trinajstić information content (AvgIpc) is 2.55. The van der Waals surface area contributed by atoms with Gasteiger partial charge in [-0.25, -0.2) is 0 Å². The summed E-state index contributed by atoms with van der Waals surface area (Å²) in [5, 5.41) is 25.8. The number of benzene rings is 1. The van der Waals surface area contributed by atoms with Gasteiger partial charge in [-0.15, -0.1) is 0 Å². The van der Waals surface area contributed by atoms with Gasteiger partial charge in [0.25, 0.3) is 5.69 Å². The Balaban J connectivity index is 2.06. The summed E-state index contributed by atoms with van der Waals surface area (Å²) in [6.45, 7) is 2.37. The first-order chi connectivity index (χ1) is 11.4. The number of anilines is 1. The van der Waals surface area contributed by atoms with E-state index in [1.807, 2.05) is 0 Å². The van der Waals surface area contributed by atoms with Gasteiger partial charge in [0.1, 0.15) is 6.04 Å². The fourth-order valence-corrected chi connectivity index (χ4v) is 2.63. The van der Waals surface area contributed by atoms with Crippen LogP contribution >= 0.6 is 11.6 Å². The smallest absolute Gasteiger partial charge is 0.321 e. The molecule has 10 heteroatoms. The monoisotopic (exact) mass is 356 g/mol. The summed E-state index contributed by atoms with van der Waals surface area (Å²) in [6, 6.07) is 2.71. The summed E-state index contributed by atoms with van der Waals surface area (Å²) in [5.41, 5.74) is -0.132. The second kappa shape index (κ2) is 8.04. The van der Waals surface area contributed by atoms with E-state index in [1.54, 1.807) is 4.90 Å². The molecule has 9 nitrogen and oxygen atoms in total. The second-order valence-corrected chi connectivity index (χ2v) is 5.72. The molecule has 0 saturated carbocycles. The number of nitro benzene ring substituents is 1. The Labute approximate surface area is 142 Å². The number of carbonyl (C=O) groups is 2. The molecule has 1 aromatic carbocycles. The molecule has 1 heterocycles. The molecule has 1 fully saturated rings. The number of carboxylic acid groups (broad SMARTS) is 1. The fraction of sp³-hybridized carbons (Fsp3) is 0.429. The first-order valence-corrected chi connectivity index (χ1v) is 7.67. The van der Waals surface area contributed by atoms with Gasteiger partial charge in [-0.2, -0.15) is 0 Å². The van der Waals surface area contributed by atoms with Gasteiger partial charge in [0.2, 0.25) is 5.91 Å². The Morgan fingerprint density at radius 1 is 1.42 bits per heavy atom. The minimum absolute atomic E-state index is 0.0836.